The molecule has 0 bridgehead atoms. The van der Waals surface area contributed by atoms with Gasteiger partial charge in [0.15, 0.2) is 23.0 Å². The molecule has 3 N–H and O–H groups in total. The number of benzene rings is 3. The van der Waals surface area contributed by atoms with Gasteiger partial charge in [-0.1, -0.05) is 12.1 Å². The molecule has 0 spiro atoms. The summed E-state index contributed by atoms with van der Waals surface area (Å²) in [6.45, 7) is 2.48. The summed E-state index contributed by atoms with van der Waals surface area (Å²) in [5.41, 5.74) is 2.58. The number of H-pyrrole nitrogens is 1. The van der Waals surface area contributed by atoms with Gasteiger partial charge in [0.25, 0.3) is 5.91 Å². The summed E-state index contributed by atoms with van der Waals surface area (Å²) in [6.07, 6.45) is 0. The van der Waals surface area contributed by atoms with Crippen LogP contribution in [0.3, 0.4) is 0 Å². The number of phenolic OH excluding ortho intramolecular Hbond substituents is 2. The Hall–Kier alpha value is -4.73. The van der Waals surface area contributed by atoms with Crippen LogP contribution in [0.1, 0.15) is 40.1 Å². The number of halogens is 1. The number of carbonyl (C=O) groups is 1. The lowest BCUT2D eigenvalue weighted by Gasteiger charge is -2.27. The van der Waals surface area contributed by atoms with Gasteiger partial charge in [-0.3, -0.25) is 9.89 Å². The molecule has 2 aliphatic rings. The third-order valence-corrected chi connectivity index (χ3v) is 6.47. The van der Waals surface area contributed by atoms with Gasteiger partial charge < -0.3 is 29.3 Å². The van der Waals surface area contributed by atoms with Crippen molar-refractivity contribution in [3.8, 4) is 40.0 Å². The summed E-state index contributed by atoms with van der Waals surface area (Å²) < 4.78 is 30.6. The third-order valence-electron chi connectivity index (χ3n) is 6.47. The lowest BCUT2D eigenvalue weighted by atomic mass is 9.95. The van der Waals surface area contributed by atoms with Crippen LogP contribution in [-0.4, -0.2) is 44.6 Å². The summed E-state index contributed by atoms with van der Waals surface area (Å²) in [6, 6.07) is 13.2. The molecule has 3 aromatic carbocycles. The molecule has 1 atom stereocenters. The van der Waals surface area contributed by atoms with Crippen molar-refractivity contribution in [3.63, 3.8) is 0 Å². The van der Waals surface area contributed by atoms with Crippen molar-refractivity contribution in [3.05, 3.63) is 82.8 Å². The fourth-order valence-electron chi connectivity index (χ4n) is 4.82. The highest BCUT2D eigenvalue weighted by atomic mass is 19.1. The SMILES string of the molecule is CCOc1cc([C@H]2c3c(-c4cc(F)ccc4O)n[nH]c3C(=O)N2Cc2ccc3c(c2)OCO3)ccc1O. The molecule has 6 rings (SSSR count). The number of hydrogen-bond donors (Lipinski definition) is 3. The molecule has 0 radical (unpaired) electrons. The van der Waals surface area contributed by atoms with Crippen LogP contribution in [0, 0.1) is 5.82 Å². The smallest absolute Gasteiger partial charge is 0.273 e. The Balaban J connectivity index is 1.49. The highest BCUT2D eigenvalue weighted by Crippen LogP contribution is 2.47. The van der Waals surface area contributed by atoms with E-state index in [0.29, 0.717) is 29.2 Å². The fourth-order valence-corrected chi connectivity index (χ4v) is 4.82. The molecule has 0 saturated carbocycles. The maximum absolute atomic E-state index is 14.2. The Morgan fingerprint density at radius 1 is 1.08 bits per heavy atom. The molecule has 4 aromatic rings. The summed E-state index contributed by atoms with van der Waals surface area (Å²) in [7, 11) is 0. The van der Waals surface area contributed by atoms with E-state index < -0.39 is 11.9 Å². The lowest BCUT2D eigenvalue weighted by molar-refractivity contribution is 0.0729. The standard InChI is InChI=1S/C27H22FN3O6/c1-2-35-21-10-15(4-6-19(21)33)26-23-24(17-11-16(28)5-7-18(17)32)29-30-25(23)27(34)31(26)12-14-3-8-20-22(9-14)37-13-36-20/h3-11,26,32-33H,2,12-13H2,1H3,(H,29,30)/t26-/m0/s1. The van der Waals surface area contributed by atoms with Crippen LogP contribution in [0.15, 0.2) is 54.6 Å². The Morgan fingerprint density at radius 2 is 1.89 bits per heavy atom. The van der Waals surface area contributed by atoms with E-state index in [-0.39, 0.29) is 53.4 Å². The van der Waals surface area contributed by atoms with E-state index in [4.69, 9.17) is 14.2 Å². The van der Waals surface area contributed by atoms with Crippen LogP contribution in [0.5, 0.6) is 28.7 Å². The number of hydrogen-bond acceptors (Lipinski definition) is 7. The second kappa shape index (κ2) is 8.74. The van der Waals surface area contributed by atoms with E-state index in [1.807, 2.05) is 12.1 Å². The molecule has 1 amide bonds. The summed E-state index contributed by atoms with van der Waals surface area (Å²) in [5, 5.41) is 27.9. The van der Waals surface area contributed by atoms with Gasteiger partial charge in [0.2, 0.25) is 6.79 Å². The molecule has 0 unspecified atom stereocenters. The summed E-state index contributed by atoms with van der Waals surface area (Å²) in [5.74, 6) is 0.414. The molecule has 188 valence electrons. The predicted octanol–water partition coefficient (Wildman–Crippen LogP) is 4.50. The average molecular weight is 503 g/mol. The number of ether oxygens (including phenoxy) is 3. The van der Waals surface area contributed by atoms with Gasteiger partial charge in [-0.25, -0.2) is 4.39 Å². The Kier molecular flexibility index (Phi) is 5.36. The monoisotopic (exact) mass is 503 g/mol. The fraction of sp³-hybridized carbons (Fsp3) is 0.185. The van der Waals surface area contributed by atoms with E-state index in [1.165, 1.54) is 18.2 Å². The zero-order valence-electron chi connectivity index (χ0n) is 19.7. The maximum Gasteiger partial charge on any atom is 0.273 e. The zero-order valence-corrected chi connectivity index (χ0v) is 19.7. The van der Waals surface area contributed by atoms with Gasteiger partial charge in [0.05, 0.1) is 12.6 Å². The average Bonchev–Trinajstić information content (AvgIpc) is 3.59. The van der Waals surface area contributed by atoms with Crippen LogP contribution in [-0.2, 0) is 6.54 Å². The van der Waals surface area contributed by atoms with E-state index in [1.54, 1.807) is 30.0 Å². The summed E-state index contributed by atoms with van der Waals surface area (Å²) in [4.78, 5) is 15.3. The first kappa shape index (κ1) is 22.7. The molecule has 0 fully saturated rings. The molecule has 3 heterocycles. The number of rotatable bonds is 6. The Labute approximate surface area is 210 Å². The third kappa shape index (κ3) is 3.77. The van der Waals surface area contributed by atoms with Crippen molar-refractivity contribution < 1.29 is 33.6 Å². The first-order valence-corrected chi connectivity index (χ1v) is 11.7. The van der Waals surface area contributed by atoms with Crippen molar-refractivity contribution in [1.82, 2.24) is 15.1 Å². The largest absolute Gasteiger partial charge is 0.507 e. The first-order valence-electron chi connectivity index (χ1n) is 11.7. The molecule has 9 nitrogen and oxygen atoms in total. The number of aromatic hydroxyl groups is 2. The van der Waals surface area contributed by atoms with E-state index in [2.05, 4.69) is 10.2 Å². The number of nitrogens with zero attached hydrogens (tertiary/aromatic N) is 2. The second-order valence-corrected chi connectivity index (χ2v) is 8.71. The van der Waals surface area contributed by atoms with Crippen molar-refractivity contribution in [2.75, 3.05) is 13.4 Å². The molecule has 10 heteroatoms. The normalized spacial score (nSPS) is 15.8. The molecular weight excluding hydrogens is 481 g/mol. The number of aromatic nitrogens is 2. The molecule has 0 aliphatic carbocycles. The van der Waals surface area contributed by atoms with Gasteiger partial charge in [-0.15, -0.1) is 0 Å². The van der Waals surface area contributed by atoms with Gasteiger partial charge in [0, 0.05) is 17.7 Å². The highest BCUT2D eigenvalue weighted by molar-refractivity contribution is 6.00. The molecular formula is C27H22FN3O6. The minimum Gasteiger partial charge on any atom is -0.507 e. The van der Waals surface area contributed by atoms with Crippen LogP contribution >= 0.6 is 0 Å². The van der Waals surface area contributed by atoms with Crippen molar-refractivity contribution in [2.45, 2.75) is 19.5 Å². The number of phenols is 2. The van der Waals surface area contributed by atoms with E-state index >= 15 is 0 Å². The number of carbonyl (C=O) groups excluding carboxylic acids is 1. The van der Waals surface area contributed by atoms with Gasteiger partial charge in [-0.2, -0.15) is 5.10 Å². The van der Waals surface area contributed by atoms with E-state index in [0.717, 1.165) is 11.6 Å². The summed E-state index contributed by atoms with van der Waals surface area (Å²) >= 11 is 0. The number of aromatic amines is 1. The highest BCUT2D eigenvalue weighted by Gasteiger charge is 2.43. The molecule has 0 saturated heterocycles. The quantitative estimate of drug-likeness (QED) is 0.355. The minimum atomic E-state index is -0.677. The topological polar surface area (TPSA) is 117 Å². The second-order valence-electron chi connectivity index (χ2n) is 8.71. The van der Waals surface area contributed by atoms with Crippen LogP contribution in [0.4, 0.5) is 4.39 Å². The van der Waals surface area contributed by atoms with Crippen LogP contribution in [0.25, 0.3) is 11.3 Å². The lowest BCUT2D eigenvalue weighted by Crippen LogP contribution is -2.29. The minimum absolute atomic E-state index is 0.0346. The van der Waals surface area contributed by atoms with Gasteiger partial charge in [0.1, 0.15) is 23.0 Å². The molecule has 37 heavy (non-hydrogen) atoms. The Bertz CT molecular complexity index is 1530. The van der Waals surface area contributed by atoms with E-state index in [9.17, 15) is 19.4 Å². The number of nitrogens with one attached hydrogen (secondary N) is 1. The van der Waals surface area contributed by atoms with Gasteiger partial charge >= 0.3 is 0 Å². The van der Waals surface area contributed by atoms with Gasteiger partial charge in [-0.05, 0) is 60.5 Å². The Morgan fingerprint density at radius 3 is 2.73 bits per heavy atom. The maximum atomic E-state index is 14.2. The number of fused-ring (bicyclic) bond motifs is 2. The van der Waals surface area contributed by atoms with Crippen LogP contribution in [0.2, 0.25) is 0 Å². The van der Waals surface area contributed by atoms with Crippen molar-refractivity contribution >= 4 is 5.91 Å². The van der Waals surface area contributed by atoms with Crippen molar-refractivity contribution in [2.24, 2.45) is 0 Å². The number of amides is 1. The molecule has 2 aliphatic heterocycles. The van der Waals surface area contributed by atoms with Crippen LogP contribution < -0.4 is 14.2 Å². The molecule has 1 aromatic heterocycles. The zero-order chi connectivity index (χ0) is 25.7. The van der Waals surface area contributed by atoms with Crippen molar-refractivity contribution in [1.29, 1.82) is 0 Å². The predicted molar refractivity (Wildman–Crippen MR) is 129 cm³/mol. The first-order chi connectivity index (χ1) is 17.9.